The van der Waals surface area contributed by atoms with Crippen LogP contribution in [0, 0.1) is 0 Å². The van der Waals surface area contributed by atoms with Crippen molar-refractivity contribution in [3.63, 3.8) is 0 Å². The number of methoxy groups -OCH3 is 1. The van der Waals surface area contributed by atoms with Gasteiger partial charge in [0.1, 0.15) is 18.1 Å². The quantitative estimate of drug-likeness (QED) is 0.916. The third-order valence-corrected chi connectivity index (χ3v) is 4.12. The van der Waals surface area contributed by atoms with Gasteiger partial charge in [0.25, 0.3) is 5.91 Å². The predicted octanol–water partition coefficient (Wildman–Crippen LogP) is 2.48. The van der Waals surface area contributed by atoms with E-state index in [0.29, 0.717) is 37.4 Å². The molecule has 0 spiro atoms. The van der Waals surface area contributed by atoms with Crippen molar-refractivity contribution in [1.29, 1.82) is 0 Å². The van der Waals surface area contributed by atoms with Crippen molar-refractivity contribution in [1.82, 2.24) is 4.90 Å². The minimum absolute atomic E-state index is 0.0479. The molecule has 3 rings (SSSR count). The SMILES string of the molecule is COc1ccc(COc2ccc(C(=O)N3CC[C@@H](O)C3)cc2)cc1. The molecule has 0 aromatic heterocycles. The summed E-state index contributed by atoms with van der Waals surface area (Å²) in [7, 11) is 1.64. The van der Waals surface area contributed by atoms with Gasteiger partial charge in [-0.15, -0.1) is 0 Å². The van der Waals surface area contributed by atoms with E-state index in [1.807, 2.05) is 24.3 Å². The lowest BCUT2D eigenvalue weighted by molar-refractivity contribution is 0.0765. The zero-order chi connectivity index (χ0) is 16.9. The van der Waals surface area contributed by atoms with Gasteiger partial charge in [-0.05, 0) is 48.4 Å². The second-order valence-corrected chi connectivity index (χ2v) is 5.85. The summed E-state index contributed by atoms with van der Waals surface area (Å²) >= 11 is 0. The van der Waals surface area contributed by atoms with Gasteiger partial charge in [0.2, 0.25) is 0 Å². The monoisotopic (exact) mass is 327 g/mol. The molecule has 0 radical (unpaired) electrons. The molecule has 1 atom stereocenters. The highest BCUT2D eigenvalue weighted by Gasteiger charge is 2.25. The summed E-state index contributed by atoms with van der Waals surface area (Å²) in [6.45, 7) is 1.47. The zero-order valence-electron chi connectivity index (χ0n) is 13.6. The molecule has 2 aromatic carbocycles. The highest BCUT2D eigenvalue weighted by Crippen LogP contribution is 2.18. The van der Waals surface area contributed by atoms with Crippen LogP contribution in [0.4, 0.5) is 0 Å². The summed E-state index contributed by atoms with van der Waals surface area (Å²) in [4.78, 5) is 14.0. The maximum Gasteiger partial charge on any atom is 0.253 e. The number of benzene rings is 2. The fourth-order valence-corrected chi connectivity index (χ4v) is 2.69. The molecular formula is C19H21NO4. The minimum Gasteiger partial charge on any atom is -0.497 e. The Bertz CT molecular complexity index is 682. The van der Waals surface area contributed by atoms with Crippen LogP contribution in [0.25, 0.3) is 0 Å². The van der Waals surface area contributed by atoms with Crippen molar-refractivity contribution < 1.29 is 19.4 Å². The maximum atomic E-state index is 12.3. The van der Waals surface area contributed by atoms with Gasteiger partial charge < -0.3 is 19.5 Å². The molecule has 1 heterocycles. The zero-order valence-corrected chi connectivity index (χ0v) is 13.6. The molecule has 0 unspecified atom stereocenters. The van der Waals surface area contributed by atoms with E-state index in [9.17, 15) is 9.90 Å². The molecule has 1 aliphatic rings. The number of carbonyl (C=O) groups is 1. The van der Waals surface area contributed by atoms with Crippen LogP contribution >= 0.6 is 0 Å². The van der Waals surface area contributed by atoms with Crippen LogP contribution in [0.3, 0.4) is 0 Å². The van der Waals surface area contributed by atoms with Crippen molar-refractivity contribution in [2.75, 3.05) is 20.2 Å². The first kappa shape index (κ1) is 16.3. The Labute approximate surface area is 141 Å². The van der Waals surface area contributed by atoms with Gasteiger partial charge >= 0.3 is 0 Å². The highest BCUT2D eigenvalue weighted by atomic mass is 16.5. The topological polar surface area (TPSA) is 59.0 Å². The van der Waals surface area contributed by atoms with E-state index >= 15 is 0 Å². The van der Waals surface area contributed by atoms with Crippen molar-refractivity contribution in [2.24, 2.45) is 0 Å². The van der Waals surface area contributed by atoms with E-state index in [1.54, 1.807) is 36.3 Å². The molecule has 126 valence electrons. The number of amides is 1. The molecule has 1 aliphatic heterocycles. The van der Waals surface area contributed by atoms with Gasteiger partial charge in [-0.3, -0.25) is 4.79 Å². The predicted molar refractivity (Wildman–Crippen MR) is 90.3 cm³/mol. The van der Waals surface area contributed by atoms with Crippen LogP contribution in [-0.2, 0) is 6.61 Å². The van der Waals surface area contributed by atoms with Crippen molar-refractivity contribution in [3.05, 3.63) is 59.7 Å². The summed E-state index contributed by atoms with van der Waals surface area (Å²) in [6.07, 6.45) is 0.246. The smallest absolute Gasteiger partial charge is 0.253 e. The van der Waals surface area contributed by atoms with Gasteiger partial charge in [-0.25, -0.2) is 0 Å². The number of carbonyl (C=O) groups excluding carboxylic acids is 1. The van der Waals surface area contributed by atoms with E-state index < -0.39 is 6.10 Å². The largest absolute Gasteiger partial charge is 0.497 e. The summed E-state index contributed by atoms with van der Waals surface area (Å²) in [5, 5.41) is 9.53. The maximum absolute atomic E-state index is 12.3. The average molecular weight is 327 g/mol. The fraction of sp³-hybridized carbons (Fsp3) is 0.316. The molecule has 0 aliphatic carbocycles. The number of rotatable bonds is 5. The van der Waals surface area contributed by atoms with Crippen molar-refractivity contribution in [2.45, 2.75) is 19.1 Å². The summed E-state index contributed by atoms with van der Waals surface area (Å²) < 4.78 is 10.9. The van der Waals surface area contributed by atoms with Crippen LogP contribution in [0.15, 0.2) is 48.5 Å². The number of hydrogen-bond acceptors (Lipinski definition) is 4. The van der Waals surface area contributed by atoms with Crippen molar-refractivity contribution >= 4 is 5.91 Å². The van der Waals surface area contributed by atoms with E-state index in [0.717, 1.165) is 11.3 Å². The molecule has 1 amide bonds. The second-order valence-electron chi connectivity index (χ2n) is 5.85. The van der Waals surface area contributed by atoms with Crippen LogP contribution in [0.1, 0.15) is 22.3 Å². The Kier molecular flexibility index (Phi) is 5.01. The molecule has 24 heavy (non-hydrogen) atoms. The van der Waals surface area contributed by atoms with E-state index in [2.05, 4.69) is 0 Å². The first-order valence-corrected chi connectivity index (χ1v) is 7.99. The van der Waals surface area contributed by atoms with E-state index in [4.69, 9.17) is 9.47 Å². The molecule has 1 N–H and O–H groups in total. The first-order valence-electron chi connectivity index (χ1n) is 7.99. The van der Waals surface area contributed by atoms with Crippen LogP contribution in [-0.4, -0.2) is 42.2 Å². The lowest BCUT2D eigenvalue weighted by Gasteiger charge is -2.15. The van der Waals surface area contributed by atoms with E-state index in [1.165, 1.54) is 0 Å². The second kappa shape index (κ2) is 7.36. The number of β-amino-alcohol motifs (C(OH)–C–C–N with tert-alkyl or cyclic N) is 1. The van der Waals surface area contributed by atoms with Crippen LogP contribution < -0.4 is 9.47 Å². The number of ether oxygens (including phenoxy) is 2. The third-order valence-electron chi connectivity index (χ3n) is 4.12. The van der Waals surface area contributed by atoms with Gasteiger partial charge in [0, 0.05) is 18.7 Å². The number of hydrogen-bond donors (Lipinski definition) is 1. The number of nitrogens with zero attached hydrogens (tertiary/aromatic N) is 1. The molecule has 5 heteroatoms. The lowest BCUT2D eigenvalue weighted by atomic mass is 10.2. The average Bonchev–Trinajstić information content (AvgIpc) is 3.06. The fourth-order valence-electron chi connectivity index (χ4n) is 2.69. The van der Waals surface area contributed by atoms with Gasteiger partial charge in [-0.2, -0.15) is 0 Å². The van der Waals surface area contributed by atoms with Gasteiger partial charge in [0.15, 0.2) is 0 Å². The summed E-state index contributed by atoms with van der Waals surface area (Å²) in [5.74, 6) is 1.48. The molecule has 0 saturated carbocycles. The Hall–Kier alpha value is -2.53. The minimum atomic E-state index is -0.402. The molecule has 1 saturated heterocycles. The van der Waals surface area contributed by atoms with Crippen LogP contribution in [0.5, 0.6) is 11.5 Å². The Balaban J connectivity index is 1.56. The molecule has 5 nitrogen and oxygen atoms in total. The third kappa shape index (κ3) is 3.86. The molecule has 1 fully saturated rings. The Morgan fingerprint density at radius 2 is 1.79 bits per heavy atom. The molecule has 2 aromatic rings. The van der Waals surface area contributed by atoms with E-state index in [-0.39, 0.29) is 5.91 Å². The molecular weight excluding hydrogens is 306 g/mol. The number of aliphatic hydroxyl groups is 1. The summed E-state index contributed by atoms with van der Waals surface area (Å²) in [6, 6.07) is 14.8. The first-order chi connectivity index (χ1) is 11.7. The highest BCUT2D eigenvalue weighted by molar-refractivity contribution is 5.94. The molecule has 0 bridgehead atoms. The van der Waals surface area contributed by atoms with Gasteiger partial charge in [-0.1, -0.05) is 12.1 Å². The Morgan fingerprint density at radius 1 is 1.12 bits per heavy atom. The van der Waals surface area contributed by atoms with Crippen LogP contribution in [0.2, 0.25) is 0 Å². The normalized spacial score (nSPS) is 16.9. The number of likely N-dealkylation sites (tertiary alicyclic amines) is 1. The summed E-state index contributed by atoms with van der Waals surface area (Å²) in [5.41, 5.74) is 1.66. The lowest BCUT2D eigenvalue weighted by Crippen LogP contribution is -2.29. The standard InChI is InChI=1S/C19H21NO4/c1-23-17-6-2-14(3-7-17)13-24-18-8-4-15(5-9-18)19(22)20-11-10-16(21)12-20/h2-9,16,21H,10-13H2,1H3/t16-/m1/s1. The van der Waals surface area contributed by atoms with Crippen molar-refractivity contribution in [3.8, 4) is 11.5 Å². The van der Waals surface area contributed by atoms with Gasteiger partial charge in [0.05, 0.1) is 13.2 Å². The number of aliphatic hydroxyl groups excluding tert-OH is 1. The Morgan fingerprint density at radius 3 is 2.38 bits per heavy atom.